The van der Waals surface area contributed by atoms with Gasteiger partial charge >= 0.3 is 6.18 Å². The first-order valence-electron chi connectivity index (χ1n) is 7.79. The van der Waals surface area contributed by atoms with Crippen molar-refractivity contribution in [2.24, 2.45) is 0 Å². The van der Waals surface area contributed by atoms with Gasteiger partial charge < -0.3 is 19.7 Å². The molecule has 0 bridgehead atoms. The van der Waals surface area contributed by atoms with Gasteiger partial charge in [-0.2, -0.15) is 13.2 Å². The molecule has 0 aliphatic carbocycles. The highest BCUT2D eigenvalue weighted by Crippen LogP contribution is 2.38. The normalized spacial score (nSPS) is 16.7. The summed E-state index contributed by atoms with van der Waals surface area (Å²) in [7, 11) is 2.90. The van der Waals surface area contributed by atoms with Crippen molar-refractivity contribution < 1.29 is 27.4 Å². The van der Waals surface area contributed by atoms with Gasteiger partial charge in [0.2, 0.25) is 0 Å². The van der Waals surface area contributed by atoms with Gasteiger partial charge in [-0.05, 0) is 29.8 Å². The van der Waals surface area contributed by atoms with E-state index in [9.17, 15) is 18.0 Å². The van der Waals surface area contributed by atoms with Crippen LogP contribution in [0.2, 0.25) is 0 Å². The maximum absolute atomic E-state index is 13.1. The molecule has 0 aromatic heterocycles. The first kappa shape index (κ1) is 17.9. The van der Waals surface area contributed by atoms with E-state index in [1.807, 2.05) is 0 Å². The van der Waals surface area contributed by atoms with Crippen LogP contribution < -0.4 is 14.8 Å². The van der Waals surface area contributed by atoms with Crippen LogP contribution in [-0.4, -0.2) is 37.7 Å². The van der Waals surface area contributed by atoms with Crippen molar-refractivity contribution in [2.75, 3.05) is 26.1 Å². The quantitative estimate of drug-likeness (QED) is 0.894. The number of nitrogens with zero attached hydrogens (tertiary/aromatic N) is 1. The van der Waals surface area contributed by atoms with Gasteiger partial charge in [0.25, 0.3) is 5.91 Å². The van der Waals surface area contributed by atoms with E-state index >= 15 is 0 Å². The second kappa shape index (κ2) is 6.78. The van der Waals surface area contributed by atoms with Crippen molar-refractivity contribution in [1.29, 1.82) is 0 Å². The highest BCUT2D eigenvalue weighted by molar-refractivity contribution is 6.01. The number of amides is 1. The number of nitrogens with one attached hydrogen (secondary N) is 1. The maximum Gasteiger partial charge on any atom is 0.406 e. The van der Waals surface area contributed by atoms with Crippen LogP contribution >= 0.6 is 0 Å². The molecule has 0 radical (unpaired) electrons. The summed E-state index contributed by atoms with van der Waals surface area (Å²) >= 11 is 0. The second-order valence-corrected chi connectivity index (χ2v) is 5.76. The molecule has 5 nitrogen and oxygen atoms in total. The molecule has 0 fully saturated rings. The minimum absolute atomic E-state index is 0.202. The zero-order valence-corrected chi connectivity index (χ0v) is 14.1. The van der Waals surface area contributed by atoms with Crippen molar-refractivity contribution in [2.45, 2.75) is 12.3 Å². The second-order valence-electron chi connectivity index (χ2n) is 5.76. The minimum atomic E-state index is -4.53. The molecule has 2 aromatic carbocycles. The van der Waals surface area contributed by atoms with Crippen LogP contribution in [0.5, 0.6) is 11.5 Å². The van der Waals surface area contributed by atoms with E-state index in [1.165, 1.54) is 20.3 Å². The molecule has 3 rings (SSSR count). The van der Waals surface area contributed by atoms with Crippen LogP contribution in [0.1, 0.15) is 22.1 Å². The van der Waals surface area contributed by atoms with E-state index in [0.29, 0.717) is 22.7 Å². The van der Waals surface area contributed by atoms with Crippen LogP contribution in [0.4, 0.5) is 18.9 Å². The van der Waals surface area contributed by atoms with Crippen LogP contribution in [-0.2, 0) is 0 Å². The Labute approximate surface area is 148 Å². The van der Waals surface area contributed by atoms with E-state index in [1.54, 1.807) is 36.4 Å². The van der Waals surface area contributed by atoms with Gasteiger partial charge in [0.1, 0.15) is 12.7 Å². The van der Waals surface area contributed by atoms with Gasteiger partial charge in [0.05, 0.1) is 19.8 Å². The molecule has 1 aliphatic rings. The van der Waals surface area contributed by atoms with Crippen LogP contribution in [0.3, 0.4) is 0 Å². The summed E-state index contributed by atoms with van der Waals surface area (Å²) < 4.78 is 49.6. The molecule has 138 valence electrons. The number of para-hydroxylation sites is 1. The average molecular weight is 366 g/mol. The summed E-state index contributed by atoms with van der Waals surface area (Å²) in [6.07, 6.45) is -5.52. The Kier molecular flexibility index (Phi) is 4.67. The smallest absolute Gasteiger partial charge is 0.406 e. The van der Waals surface area contributed by atoms with Gasteiger partial charge in [-0.3, -0.25) is 4.79 Å². The molecule has 0 unspecified atom stereocenters. The number of hydrogen-bond acceptors (Lipinski definition) is 4. The molecule has 2 aromatic rings. The number of carbonyl (C=O) groups excluding carboxylic acids is 1. The molecular weight excluding hydrogens is 349 g/mol. The standard InChI is InChI=1S/C18H17F3N2O3/c1-25-14-8-7-11(9-15(14)26-2)16-22-13-6-4-3-5-12(13)17(24)23(16)10-18(19,20)21/h3-9,16,22H,10H2,1-2H3/t16-/m1/s1. The van der Waals surface area contributed by atoms with Crippen LogP contribution in [0, 0.1) is 0 Å². The third kappa shape index (κ3) is 3.40. The number of rotatable bonds is 4. The monoisotopic (exact) mass is 366 g/mol. The van der Waals surface area contributed by atoms with Crippen molar-refractivity contribution in [3.63, 3.8) is 0 Å². The summed E-state index contributed by atoms with van der Waals surface area (Å²) in [6, 6.07) is 11.2. The third-order valence-corrected chi connectivity index (χ3v) is 4.10. The van der Waals surface area contributed by atoms with Gasteiger partial charge in [-0.1, -0.05) is 18.2 Å². The maximum atomic E-state index is 13.1. The Bertz CT molecular complexity index is 824. The minimum Gasteiger partial charge on any atom is -0.493 e. The third-order valence-electron chi connectivity index (χ3n) is 4.10. The molecule has 1 atom stereocenters. The van der Waals surface area contributed by atoms with Crippen LogP contribution in [0.15, 0.2) is 42.5 Å². The summed E-state index contributed by atoms with van der Waals surface area (Å²) in [5.74, 6) is 0.127. The Morgan fingerprint density at radius 1 is 1.08 bits per heavy atom. The SMILES string of the molecule is COc1ccc([C@@H]2Nc3ccccc3C(=O)N2CC(F)(F)F)cc1OC. The lowest BCUT2D eigenvalue weighted by atomic mass is 10.0. The molecule has 26 heavy (non-hydrogen) atoms. The zero-order valence-electron chi connectivity index (χ0n) is 14.1. The lowest BCUT2D eigenvalue weighted by Gasteiger charge is -2.38. The number of alkyl halides is 3. The summed E-state index contributed by atoms with van der Waals surface area (Å²) in [4.78, 5) is 13.5. The van der Waals surface area contributed by atoms with Gasteiger partial charge in [-0.25, -0.2) is 0 Å². The molecular formula is C18H17F3N2O3. The van der Waals surface area contributed by atoms with E-state index < -0.39 is 24.8 Å². The number of hydrogen-bond donors (Lipinski definition) is 1. The summed E-state index contributed by atoms with van der Waals surface area (Å²) in [6.45, 7) is -1.37. The molecule has 0 saturated carbocycles. The fourth-order valence-corrected chi connectivity index (χ4v) is 2.94. The Balaban J connectivity index is 2.06. The molecule has 0 saturated heterocycles. The van der Waals surface area contributed by atoms with E-state index in [-0.39, 0.29) is 5.56 Å². The largest absolute Gasteiger partial charge is 0.493 e. The number of fused-ring (bicyclic) bond motifs is 1. The van der Waals surface area contributed by atoms with Crippen molar-refractivity contribution in [3.05, 3.63) is 53.6 Å². The molecule has 1 heterocycles. The van der Waals surface area contributed by atoms with Crippen LogP contribution in [0.25, 0.3) is 0 Å². The highest BCUT2D eigenvalue weighted by Gasteiger charge is 2.40. The molecule has 0 spiro atoms. The molecule has 8 heteroatoms. The fraction of sp³-hybridized carbons (Fsp3) is 0.278. The number of anilines is 1. The number of halogens is 3. The predicted molar refractivity (Wildman–Crippen MR) is 89.4 cm³/mol. The Hall–Kier alpha value is -2.90. The van der Waals surface area contributed by atoms with Gasteiger partial charge in [0, 0.05) is 5.69 Å². The van der Waals surface area contributed by atoms with Gasteiger partial charge in [-0.15, -0.1) is 0 Å². The number of ether oxygens (including phenoxy) is 2. The Morgan fingerprint density at radius 2 is 1.77 bits per heavy atom. The topological polar surface area (TPSA) is 50.8 Å². The van der Waals surface area contributed by atoms with E-state index in [2.05, 4.69) is 5.32 Å². The van der Waals surface area contributed by atoms with Crippen molar-refractivity contribution >= 4 is 11.6 Å². The highest BCUT2D eigenvalue weighted by atomic mass is 19.4. The molecule has 1 aliphatic heterocycles. The number of carbonyl (C=O) groups is 1. The molecule has 1 amide bonds. The first-order chi connectivity index (χ1) is 12.3. The predicted octanol–water partition coefficient (Wildman–Crippen LogP) is 3.83. The summed E-state index contributed by atoms with van der Waals surface area (Å²) in [5.41, 5.74) is 1.14. The van der Waals surface area contributed by atoms with E-state index in [0.717, 1.165) is 4.90 Å². The first-order valence-corrected chi connectivity index (χ1v) is 7.79. The lowest BCUT2D eigenvalue weighted by Crippen LogP contribution is -2.47. The number of methoxy groups -OCH3 is 2. The van der Waals surface area contributed by atoms with Gasteiger partial charge in [0.15, 0.2) is 11.5 Å². The molecule has 1 N–H and O–H groups in total. The average Bonchev–Trinajstić information content (AvgIpc) is 2.62. The number of benzene rings is 2. The van der Waals surface area contributed by atoms with Crippen molar-refractivity contribution in [3.8, 4) is 11.5 Å². The lowest BCUT2D eigenvalue weighted by molar-refractivity contribution is -0.144. The summed E-state index contributed by atoms with van der Waals surface area (Å²) in [5, 5.41) is 3.01. The van der Waals surface area contributed by atoms with Crippen molar-refractivity contribution in [1.82, 2.24) is 4.90 Å². The van der Waals surface area contributed by atoms with E-state index in [4.69, 9.17) is 9.47 Å². The zero-order chi connectivity index (χ0) is 18.9. The fourth-order valence-electron chi connectivity index (χ4n) is 2.94. The Morgan fingerprint density at radius 3 is 2.42 bits per heavy atom.